The molecule has 0 heteroatoms. The second kappa shape index (κ2) is 2.59. The van der Waals surface area contributed by atoms with E-state index < -0.39 is 0 Å². The Morgan fingerprint density at radius 2 is 2.15 bits per heavy atom. The van der Waals surface area contributed by atoms with Crippen molar-refractivity contribution in [2.45, 2.75) is 12.8 Å². The molecule has 1 unspecified atom stereocenters. The maximum Gasteiger partial charge on any atom is 0.0275 e. The third-order valence-corrected chi connectivity index (χ3v) is 3.01. The third kappa shape index (κ3) is 0.983. The molecule has 0 saturated heterocycles. The molecule has 13 heavy (non-hydrogen) atoms. The van der Waals surface area contributed by atoms with E-state index in [0.717, 1.165) is 0 Å². The quantitative estimate of drug-likeness (QED) is 0.520. The highest BCUT2D eigenvalue weighted by molar-refractivity contribution is 5.54. The summed E-state index contributed by atoms with van der Waals surface area (Å²) in [5.41, 5.74) is 4.51. The Morgan fingerprint density at radius 1 is 1.15 bits per heavy atom. The molecule has 0 aromatic rings. The number of hydrogen-bond acceptors (Lipinski definition) is 0. The van der Waals surface area contributed by atoms with E-state index in [9.17, 15) is 0 Å². The lowest BCUT2D eigenvalue weighted by Gasteiger charge is -2.23. The zero-order valence-corrected chi connectivity index (χ0v) is 7.53. The highest BCUT2D eigenvalue weighted by Gasteiger charge is 2.22. The smallest absolute Gasteiger partial charge is 0.0275 e. The van der Waals surface area contributed by atoms with Gasteiger partial charge in [-0.25, -0.2) is 0 Å². The van der Waals surface area contributed by atoms with Crippen LogP contribution in [0, 0.1) is 5.92 Å². The Bertz CT molecular complexity index is 386. The van der Waals surface area contributed by atoms with Gasteiger partial charge in [-0.1, -0.05) is 42.5 Å². The van der Waals surface area contributed by atoms with Crippen molar-refractivity contribution in [2.75, 3.05) is 0 Å². The molecule has 0 nitrogen and oxygen atoms in total. The van der Waals surface area contributed by atoms with Gasteiger partial charge in [0.2, 0.25) is 0 Å². The number of allylic oxidation sites excluding steroid dienone is 10. The molecule has 0 N–H and O–H groups in total. The van der Waals surface area contributed by atoms with E-state index in [-0.39, 0.29) is 0 Å². The molecule has 0 spiro atoms. The second-order valence-electron chi connectivity index (χ2n) is 3.78. The number of hydrogen-bond donors (Lipinski definition) is 0. The molecule has 0 saturated carbocycles. The molecule has 64 valence electrons. The van der Waals surface area contributed by atoms with Crippen molar-refractivity contribution < 1.29 is 0 Å². The molecule has 0 aromatic carbocycles. The van der Waals surface area contributed by atoms with Crippen LogP contribution >= 0.6 is 0 Å². The van der Waals surface area contributed by atoms with Gasteiger partial charge in [-0.2, -0.15) is 0 Å². The molecule has 0 fully saturated rings. The van der Waals surface area contributed by atoms with Gasteiger partial charge in [0.1, 0.15) is 0 Å². The third-order valence-electron chi connectivity index (χ3n) is 3.01. The first-order valence-electron chi connectivity index (χ1n) is 4.91. The van der Waals surface area contributed by atoms with Crippen LogP contribution in [0.4, 0.5) is 0 Å². The number of rotatable bonds is 0. The van der Waals surface area contributed by atoms with Gasteiger partial charge in [-0.15, -0.1) is 0 Å². The largest absolute Gasteiger partial charge is 0.0839 e. The van der Waals surface area contributed by atoms with Gasteiger partial charge < -0.3 is 0 Å². The topological polar surface area (TPSA) is 0 Å². The Morgan fingerprint density at radius 3 is 3.15 bits per heavy atom. The van der Waals surface area contributed by atoms with Gasteiger partial charge in [0.15, 0.2) is 0 Å². The van der Waals surface area contributed by atoms with E-state index in [1.165, 1.54) is 29.6 Å². The summed E-state index contributed by atoms with van der Waals surface area (Å²) >= 11 is 0. The van der Waals surface area contributed by atoms with Gasteiger partial charge in [-0.05, 0) is 29.6 Å². The van der Waals surface area contributed by atoms with Crippen molar-refractivity contribution in [1.82, 2.24) is 0 Å². The van der Waals surface area contributed by atoms with Gasteiger partial charge in [0.05, 0.1) is 0 Å². The Kier molecular flexibility index (Phi) is 1.42. The summed E-state index contributed by atoms with van der Waals surface area (Å²) < 4.78 is 0. The van der Waals surface area contributed by atoms with E-state index in [4.69, 9.17) is 0 Å². The Hall–Kier alpha value is -1.30. The van der Waals surface area contributed by atoms with Crippen molar-refractivity contribution >= 4 is 0 Å². The van der Waals surface area contributed by atoms with Crippen LogP contribution in [0.5, 0.6) is 0 Å². The van der Waals surface area contributed by atoms with Crippen molar-refractivity contribution in [3.8, 4) is 0 Å². The maximum atomic E-state index is 2.30. The summed E-state index contributed by atoms with van der Waals surface area (Å²) in [4.78, 5) is 0. The number of fused-ring (bicyclic) bond motifs is 2. The predicted octanol–water partition coefficient (Wildman–Crippen LogP) is 3.32. The summed E-state index contributed by atoms with van der Waals surface area (Å²) in [6.07, 6.45) is 18.3. The fourth-order valence-electron chi connectivity index (χ4n) is 2.32. The van der Waals surface area contributed by atoms with Crippen molar-refractivity contribution in [1.29, 1.82) is 0 Å². The van der Waals surface area contributed by atoms with E-state index in [0.29, 0.717) is 5.92 Å². The summed E-state index contributed by atoms with van der Waals surface area (Å²) in [7, 11) is 0. The van der Waals surface area contributed by atoms with Crippen LogP contribution in [0.1, 0.15) is 12.8 Å². The van der Waals surface area contributed by atoms with Crippen LogP contribution in [0.25, 0.3) is 0 Å². The standard InChI is InChI=1S/C13H12/c1-2-6-12-10(4-1)8-9-11-5-3-7-13(11)12/h2-3,5-9,13H,1,4H2. The first kappa shape index (κ1) is 7.14. The zero-order valence-electron chi connectivity index (χ0n) is 7.53. The molecule has 3 rings (SSSR count). The summed E-state index contributed by atoms with van der Waals surface area (Å²) in [6, 6.07) is 0. The van der Waals surface area contributed by atoms with E-state index >= 15 is 0 Å². The summed E-state index contributed by atoms with van der Waals surface area (Å²) in [5.74, 6) is 0.566. The van der Waals surface area contributed by atoms with Crippen LogP contribution in [-0.4, -0.2) is 0 Å². The molecule has 0 heterocycles. The van der Waals surface area contributed by atoms with Crippen LogP contribution in [0.2, 0.25) is 0 Å². The minimum Gasteiger partial charge on any atom is -0.0839 e. The second-order valence-corrected chi connectivity index (χ2v) is 3.78. The van der Waals surface area contributed by atoms with Crippen LogP contribution in [0.3, 0.4) is 0 Å². The highest BCUT2D eigenvalue weighted by atomic mass is 14.3. The lowest BCUT2D eigenvalue weighted by molar-refractivity contribution is 0.867. The molecule has 0 amide bonds. The van der Waals surface area contributed by atoms with Gasteiger partial charge in [-0.3, -0.25) is 0 Å². The molecule has 1 atom stereocenters. The normalized spacial score (nSPS) is 28.9. The maximum absolute atomic E-state index is 2.30. The molecular formula is C13H12. The summed E-state index contributed by atoms with van der Waals surface area (Å²) in [6.45, 7) is 0. The van der Waals surface area contributed by atoms with E-state index in [2.05, 4.69) is 42.5 Å². The van der Waals surface area contributed by atoms with E-state index in [1.54, 1.807) is 0 Å². The first-order valence-corrected chi connectivity index (χ1v) is 4.91. The van der Waals surface area contributed by atoms with Gasteiger partial charge in [0.25, 0.3) is 0 Å². The van der Waals surface area contributed by atoms with Crippen LogP contribution in [-0.2, 0) is 0 Å². The average Bonchev–Trinajstić information content (AvgIpc) is 2.65. The van der Waals surface area contributed by atoms with Gasteiger partial charge in [0, 0.05) is 5.92 Å². The highest BCUT2D eigenvalue weighted by Crippen LogP contribution is 2.37. The lowest BCUT2D eigenvalue weighted by Crippen LogP contribution is -2.08. The Balaban J connectivity index is 2.12. The minimum absolute atomic E-state index is 0.566. The minimum atomic E-state index is 0.566. The average molecular weight is 168 g/mol. The van der Waals surface area contributed by atoms with Gasteiger partial charge >= 0.3 is 0 Å². The van der Waals surface area contributed by atoms with Crippen molar-refractivity contribution in [2.24, 2.45) is 5.92 Å². The molecule has 0 radical (unpaired) electrons. The fourth-order valence-corrected chi connectivity index (χ4v) is 2.32. The SMILES string of the molecule is C1=CC2C(=C1)C=CC1=C2C=CCC1. The lowest BCUT2D eigenvalue weighted by atomic mass is 9.81. The Labute approximate surface area is 78.7 Å². The molecule has 0 bridgehead atoms. The van der Waals surface area contributed by atoms with Crippen LogP contribution in [0.15, 0.2) is 59.3 Å². The van der Waals surface area contributed by atoms with E-state index in [1.807, 2.05) is 0 Å². The monoisotopic (exact) mass is 168 g/mol. The molecule has 3 aliphatic carbocycles. The summed E-state index contributed by atoms with van der Waals surface area (Å²) in [5, 5.41) is 0. The molecule has 0 aromatic heterocycles. The molecular weight excluding hydrogens is 156 g/mol. The molecule has 0 aliphatic heterocycles. The van der Waals surface area contributed by atoms with Crippen molar-refractivity contribution in [3.05, 3.63) is 59.3 Å². The fraction of sp³-hybridized carbons (Fsp3) is 0.231. The van der Waals surface area contributed by atoms with Crippen molar-refractivity contribution in [3.63, 3.8) is 0 Å². The molecule has 3 aliphatic rings. The van der Waals surface area contributed by atoms with Crippen LogP contribution < -0.4 is 0 Å². The predicted molar refractivity (Wildman–Crippen MR) is 55.3 cm³/mol. The zero-order chi connectivity index (χ0) is 8.67. The first-order chi connectivity index (χ1) is 6.45.